The van der Waals surface area contributed by atoms with Crippen LogP contribution in [0.3, 0.4) is 0 Å². The molecule has 0 aromatic carbocycles. The molecule has 2 aromatic rings. The molecule has 0 radical (unpaired) electrons. The number of anilines is 1. The van der Waals surface area contributed by atoms with E-state index in [1.165, 1.54) is 0 Å². The second kappa shape index (κ2) is 6.92. The van der Waals surface area contributed by atoms with Gasteiger partial charge in [0.15, 0.2) is 0 Å². The van der Waals surface area contributed by atoms with E-state index < -0.39 is 5.60 Å². The molecule has 1 aliphatic heterocycles. The number of aryl methyl sites for hydroxylation is 1. The Hall–Kier alpha value is -2.54. The van der Waals surface area contributed by atoms with E-state index >= 15 is 0 Å². The highest BCUT2D eigenvalue weighted by molar-refractivity contribution is 5.93. The van der Waals surface area contributed by atoms with Crippen molar-refractivity contribution in [2.45, 2.75) is 25.4 Å². The highest BCUT2D eigenvalue weighted by Gasteiger charge is 2.34. The molecular weight excluding hydrogens is 306 g/mol. The number of amides is 1. The lowest BCUT2D eigenvalue weighted by molar-refractivity contribution is 0.0252. The van der Waals surface area contributed by atoms with Gasteiger partial charge < -0.3 is 15.3 Å². The lowest BCUT2D eigenvalue weighted by Gasteiger charge is -2.39. The molecule has 0 saturated carbocycles. The number of carbonyl (C=O) groups excluding carboxylic acids is 1. The highest BCUT2D eigenvalue weighted by Crippen LogP contribution is 2.23. The molecule has 2 aromatic heterocycles. The molecule has 1 aliphatic rings. The Bertz CT molecular complexity index is 692. The van der Waals surface area contributed by atoms with Crippen molar-refractivity contribution in [1.82, 2.24) is 20.3 Å². The Kier molecular flexibility index (Phi) is 4.71. The zero-order valence-corrected chi connectivity index (χ0v) is 13.6. The van der Waals surface area contributed by atoms with Gasteiger partial charge in [0.05, 0.1) is 17.7 Å². The Labute approximate surface area is 140 Å². The van der Waals surface area contributed by atoms with Crippen molar-refractivity contribution in [3.8, 4) is 0 Å². The predicted molar refractivity (Wildman–Crippen MR) is 89.7 cm³/mol. The first-order valence-electron chi connectivity index (χ1n) is 8.01. The van der Waals surface area contributed by atoms with Gasteiger partial charge >= 0.3 is 0 Å². The summed E-state index contributed by atoms with van der Waals surface area (Å²) in [6.45, 7) is 3.24. The average molecular weight is 327 g/mol. The molecule has 1 saturated heterocycles. The maximum absolute atomic E-state index is 12.2. The molecule has 1 atom stereocenters. The van der Waals surface area contributed by atoms with Crippen LogP contribution >= 0.6 is 0 Å². The normalized spacial score (nSPS) is 20.7. The number of rotatable bonds is 4. The number of aromatic nitrogens is 3. The van der Waals surface area contributed by atoms with Crippen molar-refractivity contribution < 1.29 is 9.90 Å². The molecule has 3 rings (SSSR count). The monoisotopic (exact) mass is 327 g/mol. The summed E-state index contributed by atoms with van der Waals surface area (Å²) >= 11 is 0. The van der Waals surface area contributed by atoms with Crippen LogP contribution in [-0.4, -0.2) is 51.2 Å². The maximum atomic E-state index is 12.2. The van der Waals surface area contributed by atoms with Gasteiger partial charge in [-0.3, -0.25) is 9.78 Å². The fourth-order valence-corrected chi connectivity index (χ4v) is 2.83. The molecule has 7 nitrogen and oxygen atoms in total. The quantitative estimate of drug-likeness (QED) is 0.868. The van der Waals surface area contributed by atoms with E-state index in [4.69, 9.17) is 0 Å². The van der Waals surface area contributed by atoms with Crippen LogP contribution in [0.2, 0.25) is 0 Å². The molecule has 1 fully saturated rings. The predicted octanol–water partition coefficient (Wildman–Crippen LogP) is 0.941. The molecular formula is C17H21N5O2. The van der Waals surface area contributed by atoms with E-state index in [0.717, 1.165) is 18.7 Å². The fraction of sp³-hybridized carbons (Fsp3) is 0.412. The first-order chi connectivity index (χ1) is 11.6. The average Bonchev–Trinajstić information content (AvgIpc) is 2.61. The third kappa shape index (κ3) is 3.86. The molecule has 0 aliphatic carbocycles. The van der Waals surface area contributed by atoms with E-state index in [-0.39, 0.29) is 12.5 Å². The number of β-amino-alcohol motifs (C(OH)–C–C–N with tert-alkyl or cyclic N) is 1. The van der Waals surface area contributed by atoms with E-state index in [1.54, 1.807) is 36.8 Å². The van der Waals surface area contributed by atoms with Gasteiger partial charge in [-0.05, 0) is 38.0 Å². The highest BCUT2D eigenvalue weighted by atomic mass is 16.3. The second-order valence-electron chi connectivity index (χ2n) is 6.17. The van der Waals surface area contributed by atoms with E-state index in [0.29, 0.717) is 24.5 Å². The van der Waals surface area contributed by atoms with Gasteiger partial charge in [0.1, 0.15) is 0 Å². The number of hydrogen-bond donors (Lipinski definition) is 2. The number of nitrogens with zero attached hydrogens (tertiary/aromatic N) is 4. The Morgan fingerprint density at radius 2 is 2.12 bits per heavy atom. The summed E-state index contributed by atoms with van der Waals surface area (Å²) in [5, 5.41) is 13.6. The van der Waals surface area contributed by atoms with Crippen molar-refractivity contribution in [3.05, 3.63) is 48.0 Å². The Morgan fingerprint density at radius 3 is 2.83 bits per heavy atom. The van der Waals surface area contributed by atoms with E-state index in [1.807, 2.05) is 11.8 Å². The van der Waals surface area contributed by atoms with Gasteiger partial charge in [-0.25, -0.2) is 9.97 Å². The molecule has 7 heteroatoms. The largest absolute Gasteiger partial charge is 0.386 e. The number of pyridine rings is 1. The molecule has 0 bridgehead atoms. The Balaban J connectivity index is 1.61. The van der Waals surface area contributed by atoms with Crippen molar-refractivity contribution in [1.29, 1.82) is 0 Å². The van der Waals surface area contributed by atoms with Crippen molar-refractivity contribution >= 4 is 11.9 Å². The minimum absolute atomic E-state index is 0.184. The summed E-state index contributed by atoms with van der Waals surface area (Å²) in [5.41, 5.74) is 0.352. The van der Waals surface area contributed by atoms with Crippen molar-refractivity contribution in [3.63, 3.8) is 0 Å². The van der Waals surface area contributed by atoms with Crippen LogP contribution in [0.15, 0.2) is 36.8 Å². The molecule has 126 valence electrons. The van der Waals surface area contributed by atoms with Crippen molar-refractivity contribution in [2.24, 2.45) is 0 Å². The topological polar surface area (TPSA) is 91.2 Å². The summed E-state index contributed by atoms with van der Waals surface area (Å²) in [6, 6.07) is 5.28. The fourth-order valence-electron chi connectivity index (χ4n) is 2.83. The lowest BCUT2D eigenvalue weighted by atomic mass is 9.93. The number of carbonyl (C=O) groups is 1. The minimum Gasteiger partial charge on any atom is -0.386 e. The Morgan fingerprint density at radius 1 is 1.33 bits per heavy atom. The standard InChI is InChI=1S/C17H21N5O2/c1-13-4-5-14(10-20-13)15(23)21-11-17(24)6-2-9-22(12-17)16-18-7-3-8-19-16/h3-5,7-8,10,24H,2,6,9,11-12H2,1H3,(H,21,23). The smallest absolute Gasteiger partial charge is 0.252 e. The first-order valence-corrected chi connectivity index (χ1v) is 8.01. The molecule has 1 amide bonds. The number of nitrogens with one attached hydrogen (secondary N) is 1. The summed E-state index contributed by atoms with van der Waals surface area (Å²) in [5.74, 6) is 0.369. The SMILES string of the molecule is Cc1ccc(C(=O)NCC2(O)CCCN(c3ncccn3)C2)cn1. The summed E-state index contributed by atoms with van der Waals surface area (Å²) in [7, 11) is 0. The summed E-state index contributed by atoms with van der Waals surface area (Å²) in [6.07, 6.45) is 6.35. The van der Waals surface area contributed by atoms with Crippen LogP contribution in [0, 0.1) is 6.92 Å². The van der Waals surface area contributed by atoms with Crippen LogP contribution in [0.4, 0.5) is 5.95 Å². The van der Waals surface area contributed by atoms with Crippen molar-refractivity contribution in [2.75, 3.05) is 24.5 Å². The van der Waals surface area contributed by atoms with Crippen LogP contribution in [0.25, 0.3) is 0 Å². The summed E-state index contributed by atoms with van der Waals surface area (Å²) < 4.78 is 0. The van der Waals surface area contributed by atoms with E-state index in [9.17, 15) is 9.90 Å². The lowest BCUT2D eigenvalue weighted by Crippen LogP contribution is -2.54. The molecule has 1 unspecified atom stereocenters. The minimum atomic E-state index is -0.995. The van der Waals surface area contributed by atoms with Crippen LogP contribution in [-0.2, 0) is 0 Å². The number of aliphatic hydroxyl groups is 1. The van der Waals surface area contributed by atoms with Crippen LogP contribution in [0.5, 0.6) is 0 Å². The van der Waals surface area contributed by atoms with Gasteiger partial charge in [0, 0.05) is 37.4 Å². The number of piperidine rings is 1. The van der Waals surface area contributed by atoms with Gasteiger partial charge in [0.25, 0.3) is 5.91 Å². The van der Waals surface area contributed by atoms with Gasteiger partial charge in [-0.15, -0.1) is 0 Å². The zero-order valence-electron chi connectivity index (χ0n) is 13.6. The molecule has 3 heterocycles. The van der Waals surface area contributed by atoms with Gasteiger partial charge in [0.2, 0.25) is 5.95 Å². The molecule has 0 spiro atoms. The van der Waals surface area contributed by atoms with Crippen LogP contribution < -0.4 is 10.2 Å². The third-order valence-corrected chi connectivity index (χ3v) is 4.14. The maximum Gasteiger partial charge on any atom is 0.252 e. The summed E-state index contributed by atoms with van der Waals surface area (Å²) in [4.78, 5) is 26.7. The van der Waals surface area contributed by atoms with Crippen LogP contribution in [0.1, 0.15) is 28.9 Å². The molecule has 2 N–H and O–H groups in total. The third-order valence-electron chi connectivity index (χ3n) is 4.14. The van der Waals surface area contributed by atoms with Gasteiger partial charge in [-0.2, -0.15) is 0 Å². The zero-order chi connectivity index (χ0) is 17.0. The second-order valence-corrected chi connectivity index (χ2v) is 6.17. The van der Waals surface area contributed by atoms with Gasteiger partial charge in [-0.1, -0.05) is 0 Å². The first kappa shape index (κ1) is 16.3. The number of hydrogen-bond acceptors (Lipinski definition) is 6. The molecule has 24 heavy (non-hydrogen) atoms. The van der Waals surface area contributed by atoms with E-state index in [2.05, 4.69) is 20.3 Å².